The molecule has 2 aliphatic heterocycles. The molecule has 0 saturated carbocycles. The lowest BCUT2D eigenvalue weighted by molar-refractivity contribution is -0.133. The van der Waals surface area contributed by atoms with Crippen molar-refractivity contribution in [2.45, 2.75) is 51.0 Å². The van der Waals surface area contributed by atoms with Crippen LogP contribution in [0, 0.1) is 11.7 Å². The van der Waals surface area contributed by atoms with Gasteiger partial charge in [0, 0.05) is 62.7 Å². The molecule has 0 aliphatic carbocycles. The van der Waals surface area contributed by atoms with E-state index in [9.17, 15) is 19.1 Å². The molecular weight excluding hydrogens is 493 g/mol. The summed E-state index contributed by atoms with van der Waals surface area (Å²) in [5.74, 6) is -0.218. The van der Waals surface area contributed by atoms with Gasteiger partial charge in [0.05, 0.1) is 5.60 Å². The number of amides is 2. The number of nitrogens with zero attached hydrogens (tertiary/aromatic N) is 3. The molecule has 0 spiro atoms. The highest BCUT2D eigenvalue weighted by Gasteiger charge is 2.33. The molecule has 0 aromatic heterocycles. The lowest BCUT2D eigenvalue weighted by Gasteiger charge is -2.39. The van der Waals surface area contributed by atoms with Gasteiger partial charge in [-0.1, -0.05) is 29.8 Å². The summed E-state index contributed by atoms with van der Waals surface area (Å²) >= 11 is 6.25. The van der Waals surface area contributed by atoms with Crippen molar-refractivity contribution < 1.29 is 19.1 Å². The molecule has 2 heterocycles. The first-order valence-corrected chi connectivity index (χ1v) is 13.6. The van der Waals surface area contributed by atoms with Gasteiger partial charge < -0.3 is 19.8 Å². The molecule has 8 heteroatoms. The van der Waals surface area contributed by atoms with E-state index in [2.05, 4.69) is 4.90 Å². The molecule has 0 atom stereocenters. The zero-order chi connectivity index (χ0) is 26.4. The van der Waals surface area contributed by atoms with Crippen molar-refractivity contribution >= 4 is 29.1 Å². The summed E-state index contributed by atoms with van der Waals surface area (Å²) in [6.07, 6.45) is 4.01. The molecule has 2 aromatic carbocycles. The normalized spacial score (nSPS) is 18.5. The first-order chi connectivity index (χ1) is 17.7. The van der Waals surface area contributed by atoms with E-state index >= 15 is 0 Å². The van der Waals surface area contributed by atoms with Crippen LogP contribution in [-0.4, -0.2) is 71.6 Å². The number of carbonyl (C=O) groups is 2. The Morgan fingerprint density at radius 2 is 1.76 bits per heavy atom. The van der Waals surface area contributed by atoms with Crippen LogP contribution in [0.3, 0.4) is 0 Å². The topological polar surface area (TPSA) is 64.1 Å². The summed E-state index contributed by atoms with van der Waals surface area (Å²) in [5, 5.41) is 11.7. The van der Waals surface area contributed by atoms with Crippen LogP contribution in [0.25, 0.3) is 0 Å². The molecule has 1 N–H and O–H groups in total. The summed E-state index contributed by atoms with van der Waals surface area (Å²) in [6.45, 7) is 5.79. The fourth-order valence-corrected chi connectivity index (χ4v) is 5.66. The summed E-state index contributed by atoms with van der Waals surface area (Å²) in [4.78, 5) is 31.2. The van der Waals surface area contributed by atoms with Crippen molar-refractivity contribution in [1.82, 2.24) is 9.80 Å². The van der Waals surface area contributed by atoms with E-state index in [-0.39, 0.29) is 23.5 Å². The molecule has 0 unspecified atom stereocenters. The van der Waals surface area contributed by atoms with E-state index in [1.165, 1.54) is 12.1 Å². The van der Waals surface area contributed by atoms with Crippen molar-refractivity contribution in [3.63, 3.8) is 0 Å². The van der Waals surface area contributed by atoms with E-state index in [0.717, 1.165) is 37.3 Å². The van der Waals surface area contributed by atoms with Gasteiger partial charge in [-0.05, 0) is 74.5 Å². The number of benzene rings is 2. The largest absolute Gasteiger partial charge is 0.389 e. The molecule has 0 radical (unpaired) electrons. The number of rotatable bonds is 8. The van der Waals surface area contributed by atoms with Crippen LogP contribution in [0.5, 0.6) is 0 Å². The molecule has 6 nitrogen and oxygen atoms in total. The summed E-state index contributed by atoms with van der Waals surface area (Å²) in [5.41, 5.74) is 0.979. The van der Waals surface area contributed by atoms with E-state index in [0.29, 0.717) is 56.8 Å². The number of hydrogen-bond acceptors (Lipinski definition) is 4. The minimum absolute atomic E-state index is 0.0590. The maximum atomic E-state index is 13.6. The van der Waals surface area contributed by atoms with E-state index in [4.69, 9.17) is 11.6 Å². The monoisotopic (exact) mass is 529 g/mol. The Hall–Kier alpha value is -2.48. The molecule has 37 heavy (non-hydrogen) atoms. The Kier molecular flexibility index (Phi) is 9.22. The quantitative estimate of drug-likeness (QED) is 0.545. The molecular formula is C29H37ClFN3O3. The highest BCUT2D eigenvalue weighted by molar-refractivity contribution is 6.30. The molecule has 4 rings (SSSR count). The second-order valence-corrected chi connectivity index (χ2v) is 10.9. The number of halogens is 2. The van der Waals surface area contributed by atoms with Gasteiger partial charge in [0.1, 0.15) is 5.82 Å². The van der Waals surface area contributed by atoms with Crippen molar-refractivity contribution in [3.8, 4) is 0 Å². The molecule has 2 aliphatic rings. The van der Waals surface area contributed by atoms with Gasteiger partial charge in [-0.25, -0.2) is 4.39 Å². The summed E-state index contributed by atoms with van der Waals surface area (Å²) in [6, 6.07) is 13.8. The maximum Gasteiger partial charge on any atom is 0.230 e. The minimum Gasteiger partial charge on any atom is -0.389 e. The van der Waals surface area contributed by atoms with E-state index in [1.54, 1.807) is 30.0 Å². The first kappa shape index (κ1) is 27.6. The highest BCUT2D eigenvalue weighted by atomic mass is 35.5. The Balaban J connectivity index is 1.31. The number of hydrogen-bond donors (Lipinski definition) is 1. The molecule has 2 saturated heterocycles. The zero-order valence-electron chi connectivity index (χ0n) is 21.5. The fraction of sp³-hybridized carbons (Fsp3) is 0.517. The summed E-state index contributed by atoms with van der Waals surface area (Å²) < 4.78 is 13.2. The minimum atomic E-state index is -0.772. The third-order valence-electron chi connectivity index (χ3n) is 7.76. The molecule has 2 fully saturated rings. The third kappa shape index (κ3) is 7.53. The Bertz CT molecular complexity index is 1060. The van der Waals surface area contributed by atoms with Crippen molar-refractivity contribution in [1.29, 1.82) is 0 Å². The Morgan fingerprint density at radius 3 is 2.38 bits per heavy atom. The Labute approximate surface area is 224 Å². The van der Waals surface area contributed by atoms with Gasteiger partial charge in [-0.2, -0.15) is 0 Å². The van der Waals surface area contributed by atoms with Gasteiger partial charge in [-0.15, -0.1) is 0 Å². The zero-order valence-corrected chi connectivity index (χ0v) is 22.3. The molecule has 0 bridgehead atoms. The van der Waals surface area contributed by atoms with Crippen LogP contribution < -0.4 is 4.90 Å². The third-order valence-corrected chi connectivity index (χ3v) is 8.00. The highest BCUT2D eigenvalue weighted by Crippen LogP contribution is 2.28. The van der Waals surface area contributed by atoms with Crippen molar-refractivity contribution in [2.24, 2.45) is 5.92 Å². The number of piperidine rings is 2. The maximum absolute atomic E-state index is 13.6. The predicted octanol–water partition coefficient (Wildman–Crippen LogP) is 4.53. The fourth-order valence-electron chi connectivity index (χ4n) is 5.48. The summed E-state index contributed by atoms with van der Waals surface area (Å²) in [7, 11) is 0. The van der Waals surface area contributed by atoms with Gasteiger partial charge in [0.2, 0.25) is 11.8 Å². The number of carbonyl (C=O) groups excluding carboxylic acids is 2. The van der Waals surface area contributed by atoms with Crippen LogP contribution in [0.2, 0.25) is 5.02 Å². The number of anilines is 1. The van der Waals surface area contributed by atoms with Crippen LogP contribution >= 0.6 is 11.6 Å². The Morgan fingerprint density at radius 1 is 1.08 bits per heavy atom. The number of likely N-dealkylation sites (tertiary alicyclic amines) is 2. The SMILES string of the molecule is CC(=O)N1CCC(C(=O)N(CCCN2CCC(O)(Cc3ccc(F)cc3)CC2)c2cccc(Cl)c2)CC1. The first-order valence-electron chi connectivity index (χ1n) is 13.2. The van der Waals surface area contributed by atoms with E-state index < -0.39 is 5.60 Å². The van der Waals surface area contributed by atoms with Gasteiger partial charge in [0.15, 0.2) is 0 Å². The van der Waals surface area contributed by atoms with Gasteiger partial charge in [-0.3, -0.25) is 9.59 Å². The lowest BCUT2D eigenvalue weighted by atomic mass is 9.85. The van der Waals surface area contributed by atoms with Gasteiger partial charge >= 0.3 is 0 Å². The average molecular weight is 530 g/mol. The number of aliphatic hydroxyl groups is 1. The standard InChI is InChI=1S/C29H37ClFN3O3/c1-22(35)33-16-10-24(11-17-33)28(36)34(27-5-2-4-25(30)20-27)15-3-14-32-18-12-29(37,13-19-32)21-23-6-8-26(31)9-7-23/h2,4-9,20,24,37H,3,10-19,21H2,1H3. The molecule has 2 amide bonds. The van der Waals surface area contributed by atoms with Crippen LogP contribution in [0.1, 0.15) is 44.6 Å². The van der Waals surface area contributed by atoms with Crippen molar-refractivity contribution in [3.05, 3.63) is 64.9 Å². The van der Waals surface area contributed by atoms with Crippen LogP contribution in [-0.2, 0) is 16.0 Å². The second-order valence-electron chi connectivity index (χ2n) is 10.5. The van der Waals surface area contributed by atoms with Crippen LogP contribution in [0.4, 0.5) is 10.1 Å². The second kappa shape index (κ2) is 12.4. The van der Waals surface area contributed by atoms with E-state index in [1.807, 2.05) is 23.1 Å². The van der Waals surface area contributed by atoms with Crippen molar-refractivity contribution in [2.75, 3.05) is 44.2 Å². The lowest BCUT2D eigenvalue weighted by Crippen LogP contribution is -2.47. The van der Waals surface area contributed by atoms with Crippen LogP contribution in [0.15, 0.2) is 48.5 Å². The average Bonchev–Trinajstić information content (AvgIpc) is 2.89. The molecule has 2 aromatic rings. The molecule has 200 valence electrons. The predicted molar refractivity (Wildman–Crippen MR) is 144 cm³/mol. The smallest absolute Gasteiger partial charge is 0.230 e. The van der Waals surface area contributed by atoms with Gasteiger partial charge in [0.25, 0.3) is 0 Å².